The predicted octanol–water partition coefficient (Wildman–Crippen LogP) is 1.42. The molecule has 1 rings (SSSR count). The molecule has 4 N–H and O–H groups in total. The molecule has 0 aromatic heterocycles. The Hall–Kier alpha value is -1.79. The summed E-state index contributed by atoms with van der Waals surface area (Å²) < 4.78 is 5.21. The Balaban J connectivity index is 3.07. The van der Waals surface area contributed by atoms with Gasteiger partial charge in [0, 0.05) is 32.0 Å². The monoisotopic (exact) mass is 354 g/mol. The average molecular weight is 354 g/mol. The number of rotatable bonds is 8. The van der Waals surface area contributed by atoms with Crippen molar-refractivity contribution in [3.05, 3.63) is 0 Å². The molecule has 0 bridgehead atoms. The van der Waals surface area contributed by atoms with Crippen LogP contribution < -0.4 is 16.4 Å². The molecule has 0 saturated heterocycles. The van der Waals surface area contributed by atoms with Crippen LogP contribution in [0.5, 0.6) is 0 Å². The van der Waals surface area contributed by atoms with E-state index in [9.17, 15) is 9.59 Å². The number of esters is 1. The van der Waals surface area contributed by atoms with Crippen LogP contribution >= 0.6 is 0 Å². The van der Waals surface area contributed by atoms with Crippen molar-refractivity contribution in [2.75, 3.05) is 13.7 Å². The second-order valence-electron chi connectivity index (χ2n) is 6.75. The number of nitrogens with two attached hydrogens (primary N) is 1. The summed E-state index contributed by atoms with van der Waals surface area (Å²) in [6, 6.07) is -0.0235. The summed E-state index contributed by atoms with van der Waals surface area (Å²) in [6.07, 6.45) is 3.24. The van der Waals surface area contributed by atoms with E-state index in [1.807, 2.05) is 6.92 Å². The van der Waals surface area contributed by atoms with E-state index in [1.165, 1.54) is 6.92 Å². The Kier molecular flexibility index (Phi) is 8.72. The molecule has 144 valence electrons. The zero-order valence-corrected chi connectivity index (χ0v) is 16.2. The third kappa shape index (κ3) is 5.90. The molecule has 0 heterocycles. The lowest BCUT2D eigenvalue weighted by Crippen LogP contribution is -2.52. The number of amides is 1. The van der Waals surface area contributed by atoms with E-state index < -0.39 is 0 Å². The lowest BCUT2D eigenvalue weighted by Gasteiger charge is -2.35. The zero-order valence-electron chi connectivity index (χ0n) is 16.2. The molecule has 0 aromatic rings. The van der Waals surface area contributed by atoms with Crippen LogP contribution in [-0.2, 0) is 14.3 Å². The summed E-state index contributed by atoms with van der Waals surface area (Å²) in [5, 5.41) is 6.36. The van der Waals surface area contributed by atoms with Gasteiger partial charge >= 0.3 is 5.97 Å². The van der Waals surface area contributed by atoms with E-state index >= 15 is 0 Å². The average Bonchev–Trinajstić information content (AvgIpc) is 2.98. The number of carbonyl (C=O) groups is 2. The lowest BCUT2D eigenvalue weighted by atomic mass is 9.81. The fourth-order valence-electron chi connectivity index (χ4n) is 3.95. The van der Waals surface area contributed by atoms with Crippen molar-refractivity contribution < 1.29 is 14.3 Å². The molecular weight excluding hydrogens is 320 g/mol. The van der Waals surface area contributed by atoms with Crippen molar-refractivity contribution in [2.45, 2.75) is 65.5 Å². The van der Waals surface area contributed by atoms with Crippen LogP contribution in [0.3, 0.4) is 0 Å². The second-order valence-corrected chi connectivity index (χ2v) is 6.75. The number of hydrogen-bond donors (Lipinski definition) is 3. The normalized spacial score (nSPS) is 24.9. The van der Waals surface area contributed by atoms with Crippen LogP contribution in [0.1, 0.15) is 53.4 Å². The Morgan fingerprint density at radius 2 is 1.88 bits per heavy atom. The van der Waals surface area contributed by atoms with E-state index in [1.54, 1.807) is 7.05 Å². The minimum Gasteiger partial charge on any atom is -0.466 e. The molecule has 4 atom stereocenters. The third-order valence-electron chi connectivity index (χ3n) is 5.19. The molecule has 0 aromatic carbocycles. The van der Waals surface area contributed by atoms with Gasteiger partial charge in [-0.05, 0) is 25.7 Å². The zero-order chi connectivity index (χ0) is 19.0. The van der Waals surface area contributed by atoms with Crippen LogP contribution in [0.15, 0.2) is 4.99 Å². The van der Waals surface area contributed by atoms with E-state index in [0.29, 0.717) is 31.3 Å². The maximum atomic E-state index is 12.2. The van der Waals surface area contributed by atoms with Crippen molar-refractivity contribution in [3.8, 4) is 0 Å². The van der Waals surface area contributed by atoms with E-state index in [-0.39, 0.29) is 35.8 Å². The first kappa shape index (κ1) is 21.3. The van der Waals surface area contributed by atoms with Crippen molar-refractivity contribution >= 4 is 17.8 Å². The predicted molar refractivity (Wildman–Crippen MR) is 99.0 cm³/mol. The highest BCUT2D eigenvalue weighted by molar-refractivity contribution is 5.79. The first-order valence-electron chi connectivity index (χ1n) is 9.30. The fraction of sp³-hybridized carbons (Fsp3) is 0.833. The van der Waals surface area contributed by atoms with E-state index in [0.717, 1.165) is 12.8 Å². The minimum absolute atomic E-state index is 0.00548. The first-order valence-corrected chi connectivity index (χ1v) is 9.30. The molecule has 1 fully saturated rings. The summed E-state index contributed by atoms with van der Waals surface area (Å²) in [5.41, 5.74) is 5.87. The number of aliphatic imine (C=N–C) groups is 1. The molecule has 0 radical (unpaired) electrons. The van der Waals surface area contributed by atoms with Gasteiger partial charge in [-0.3, -0.25) is 14.6 Å². The van der Waals surface area contributed by atoms with Crippen molar-refractivity contribution in [2.24, 2.45) is 28.5 Å². The van der Waals surface area contributed by atoms with Gasteiger partial charge in [-0.2, -0.15) is 0 Å². The molecule has 0 spiro atoms. The smallest absolute Gasteiger partial charge is 0.309 e. The minimum atomic E-state index is -0.183. The standard InChI is InChI=1S/C18H34N4O3/c1-6-12(7-2)16(21-11(4)23)14-9-13(17(24)25-8-3)10-15(14)22-18(19)20-5/h12-16H,6-10H2,1-5H3,(H,21,23)(H3,19,20,22)/t13-,14-,15-,16?/m1/s1. The van der Waals surface area contributed by atoms with E-state index in [2.05, 4.69) is 29.5 Å². The van der Waals surface area contributed by atoms with Gasteiger partial charge in [-0.25, -0.2) is 0 Å². The van der Waals surface area contributed by atoms with Crippen LogP contribution in [0.4, 0.5) is 0 Å². The Morgan fingerprint density at radius 1 is 1.24 bits per heavy atom. The second kappa shape index (κ2) is 10.3. The van der Waals surface area contributed by atoms with Crippen molar-refractivity contribution in [3.63, 3.8) is 0 Å². The van der Waals surface area contributed by atoms with Crippen molar-refractivity contribution in [1.82, 2.24) is 10.6 Å². The lowest BCUT2D eigenvalue weighted by molar-refractivity contribution is -0.147. The van der Waals surface area contributed by atoms with Crippen LogP contribution in [0, 0.1) is 17.8 Å². The van der Waals surface area contributed by atoms with Gasteiger partial charge in [0.25, 0.3) is 0 Å². The number of guanidine groups is 1. The maximum Gasteiger partial charge on any atom is 0.309 e. The summed E-state index contributed by atoms with van der Waals surface area (Å²) in [7, 11) is 1.63. The quantitative estimate of drug-likeness (QED) is 0.347. The number of carbonyl (C=O) groups excluding carboxylic acids is 2. The van der Waals surface area contributed by atoms with Crippen LogP contribution in [0.25, 0.3) is 0 Å². The molecule has 25 heavy (non-hydrogen) atoms. The molecule has 7 heteroatoms. The highest BCUT2D eigenvalue weighted by Gasteiger charge is 2.44. The molecule has 1 saturated carbocycles. The number of ether oxygens (including phenoxy) is 1. The van der Waals surface area contributed by atoms with Gasteiger partial charge in [0.2, 0.25) is 5.91 Å². The van der Waals surface area contributed by atoms with Gasteiger partial charge in [-0.15, -0.1) is 0 Å². The molecule has 0 aliphatic heterocycles. The summed E-state index contributed by atoms with van der Waals surface area (Å²) in [5.74, 6) is 0.396. The van der Waals surface area contributed by atoms with Gasteiger partial charge in [0.1, 0.15) is 0 Å². The number of nitrogens with one attached hydrogen (secondary N) is 2. The summed E-state index contributed by atoms with van der Waals surface area (Å²) >= 11 is 0. The molecule has 1 amide bonds. The molecule has 1 aliphatic rings. The Morgan fingerprint density at radius 3 is 2.36 bits per heavy atom. The highest BCUT2D eigenvalue weighted by atomic mass is 16.5. The molecular formula is C18H34N4O3. The summed E-state index contributed by atoms with van der Waals surface area (Å²) in [6.45, 7) is 7.98. The number of nitrogens with zero attached hydrogens (tertiary/aromatic N) is 1. The van der Waals surface area contributed by atoms with Crippen LogP contribution in [0.2, 0.25) is 0 Å². The van der Waals surface area contributed by atoms with Gasteiger partial charge in [-0.1, -0.05) is 26.7 Å². The Bertz CT molecular complexity index is 477. The van der Waals surface area contributed by atoms with Crippen molar-refractivity contribution in [1.29, 1.82) is 0 Å². The molecule has 1 unspecified atom stereocenters. The molecule has 1 aliphatic carbocycles. The first-order chi connectivity index (χ1) is 11.9. The van der Waals surface area contributed by atoms with Gasteiger partial charge in [0.15, 0.2) is 5.96 Å². The highest BCUT2D eigenvalue weighted by Crippen LogP contribution is 2.38. The molecule has 7 nitrogen and oxygen atoms in total. The SMILES string of the molecule is CCOC(=O)[C@H]1C[C@@H](NC(N)=NC)[C@H](C(NC(C)=O)C(CC)CC)C1. The van der Waals surface area contributed by atoms with Gasteiger partial charge in [0.05, 0.1) is 12.5 Å². The fourth-order valence-corrected chi connectivity index (χ4v) is 3.95. The topological polar surface area (TPSA) is 106 Å². The Labute approximate surface area is 151 Å². The van der Waals surface area contributed by atoms with E-state index in [4.69, 9.17) is 10.5 Å². The van der Waals surface area contributed by atoms with Gasteiger partial charge < -0.3 is 21.1 Å². The third-order valence-corrected chi connectivity index (χ3v) is 5.19. The largest absolute Gasteiger partial charge is 0.466 e. The van der Waals surface area contributed by atoms with Crippen LogP contribution in [-0.4, -0.2) is 43.6 Å². The number of hydrogen-bond acceptors (Lipinski definition) is 4. The maximum absolute atomic E-state index is 12.2. The summed E-state index contributed by atoms with van der Waals surface area (Å²) in [4.78, 5) is 28.0.